The summed E-state index contributed by atoms with van der Waals surface area (Å²) >= 11 is 0. The molecule has 0 saturated carbocycles. The number of benzene rings is 3. The summed E-state index contributed by atoms with van der Waals surface area (Å²) in [5, 5.41) is 10.1. The van der Waals surface area contributed by atoms with Gasteiger partial charge in [0.25, 0.3) is 0 Å². The third-order valence-corrected chi connectivity index (χ3v) is 5.55. The van der Waals surface area contributed by atoms with Gasteiger partial charge in [-0.2, -0.15) is 0 Å². The van der Waals surface area contributed by atoms with Crippen molar-refractivity contribution < 1.29 is 5.11 Å². The van der Waals surface area contributed by atoms with Crippen molar-refractivity contribution in [2.75, 3.05) is 0 Å². The first-order valence-corrected chi connectivity index (χ1v) is 11.1. The lowest BCUT2D eigenvalue weighted by molar-refractivity contribution is 0.469. The summed E-state index contributed by atoms with van der Waals surface area (Å²) < 4.78 is 0. The zero-order valence-electron chi connectivity index (χ0n) is 14.2. The van der Waals surface area contributed by atoms with Gasteiger partial charge in [-0.15, -0.1) is 0 Å². The Morgan fingerprint density at radius 2 is 1.04 bits per heavy atom. The lowest BCUT2D eigenvalue weighted by atomic mass is 9.93. The zero-order valence-corrected chi connectivity index (χ0v) is 15.6. The predicted octanol–water partition coefficient (Wildman–Crippen LogP) is 4.29. The van der Waals surface area contributed by atoms with Crippen molar-refractivity contribution in [3.8, 4) is 5.75 Å². The molecule has 0 radical (unpaired) electrons. The number of phenols is 1. The highest BCUT2D eigenvalue weighted by Crippen LogP contribution is 2.24. The van der Waals surface area contributed by atoms with Crippen LogP contribution in [0.1, 0.15) is 27.8 Å². The van der Waals surface area contributed by atoms with E-state index in [1.807, 2.05) is 18.2 Å². The summed E-state index contributed by atoms with van der Waals surface area (Å²) in [6.45, 7) is 2.36. The van der Waals surface area contributed by atoms with E-state index < -0.39 is 0 Å². The number of hydrogen-bond donors (Lipinski definition) is 1. The first kappa shape index (κ1) is 16.5. The molecular weight excluding hydrogens is 308 g/mol. The Bertz CT molecular complexity index is 810. The van der Waals surface area contributed by atoms with Gasteiger partial charge in [0.1, 0.15) is 5.75 Å². The van der Waals surface area contributed by atoms with E-state index in [9.17, 15) is 5.11 Å². The molecule has 0 fully saturated rings. The molecule has 0 atom stereocenters. The number of para-hydroxylation sites is 1. The molecule has 3 aromatic carbocycles. The Morgan fingerprint density at radius 1 is 0.625 bits per heavy atom. The van der Waals surface area contributed by atoms with Gasteiger partial charge in [0.2, 0.25) is 0 Å². The maximum atomic E-state index is 10.1. The largest absolute Gasteiger partial charge is 0.508 e. The van der Waals surface area contributed by atoms with Crippen LogP contribution in [0.25, 0.3) is 0 Å². The Kier molecular flexibility index (Phi) is 5.50. The van der Waals surface area contributed by atoms with Crippen LogP contribution >= 0.6 is 0 Å². The summed E-state index contributed by atoms with van der Waals surface area (Å²) in [7, 11) is 0.0100. The van der Waals surface area contributed by atoms with Gasteiger partial charge in [-0.3, -0.25) is 0 Å². The van der Waals surface area contributed by atoms with E-state index in [1.165, 1.54) is 28.3 Å². The van der Waals surface area contributed by atoms with Crippen LogP contribution in [0.15, 0.2) is 72.8 Å². The van der Waals surface area contributed by atoms with Crippen LogP contribution in [0.3, 0.4) is 0 Å². The van der Waals surface area contributed by atoms with E-state index in [4.69, 9.17) is 0 Å². The van der Waals surface area contributed by atoms with Crippen LogP contribution in [-0.2, 0) is 18.9 Å². The summed E-state index contributed by atoms with van der Waals surface area (Å²) in [5.41, 5.74) is 6.58. The zero-order chi connectivity index (χ0) is 16.8. The smallest absolute Gasteiger partial charge is 0.119 e. The molecule has 1 nitrogen and oxygen atoms in total. The molecular formula is C22H24OSi. The van der Waals surface area contributed by atoms with Gasteiger partial charge in [0.15, 0.2) is 0 Å². The van der Waals surface area contributed by atoms with Crippen LogP contribution in [0.2, 0.25) is 6.55 Å². The molecule has 122 valence electrons. The summed E-state index contributed by atoms with van der Waals surface area (Å²) in [4.78, 5) is 0. The first-order valence-electron chi connectivity index (χ1n) is 8.68. The summed E-state index contributed by atoms with van der Waals surface area (Å²) in [6, 6.07) is 26.3. The van der Waals surface area contributed by atoms with Crippen LogP contribution in [0, 0.1) is 0 Å². The molecule has 0 heterocycles. The minimum Gasteiger partial charge on any atom is -0.508 e. The molecule has 2 heteroatoms. The van der Waals surface area contributed by atoms with Gasteiger partial charge in [0.05, 0.1) is 0 Å². The topological polar surface area (TPSA) is 20.2 Å². The van der Waals surface area contributed by atoms with Gasteiger partial charge in [0, 0.05) is 15.9 Å². The third kappa shape index (κ3) is 3.95. The van der Waals surface area contributed by atoms with E-state index in [2.05, 4.69) is 55.1 Å². The molecule has 24 heavy (non-hydrogen) atoms. The molecule has 3 aromatic rings. The van der Waals surface area contributed by atoms with Crippen molar-refractivity contribution in [3.05, 3.63) is 101 Å². The van der Waals surface area contributed by atoms with E-state index >= 15 is 0 Å². The fourth-order valence-electron chi connectivity index (χ4n) is 3.22. The average Bonchev–Trinajstić information content (AvgIpc) is 2.60. The second-order valence-corrected chi connectivity index (χ2v) is 7.77. The molecule has 0 saturated heterocycles. The molecule has 1 N–H and O–H groups in total. The van der Waals surface area contributed by atoms with Gasteiger partial charge >= 0.3 is 0 Å². The molecule has 0 bridgehead atoms. The minimum atomic E-state index is 0.0100. The first-order chi connectivity index (χ1) is 11.8. The molecule has 0 aromatic heterocycles. The maximum absolute atomic E-state index is 10.1. The van der Waals surface area contributed by atoms with Crippen LogP contribution < -0.4 is 0 Å². The fraction of sp³-hybridized carbons (Fsp3) is 0.182. The molecule has 0 spiro atoms. The van der Waals surface area contributed by atoms with Crippen LogP contribution in [0.4, 0.5) is 0 Å². The maximum Gasteiger partial charge on any atom is 0.119 e. The molecule has 0 aliphatic rings. The second kappa shape index (κ2) is 7.98. The Hall–Kier alpha value is -2.32. The fourth-order valence-corrected chi connectivity index (χ4v) is 4.24. The highest BCUT2D eigenvalue weighted by molar-refractivity contribution is 6.32. The van der Waals surface area contributed by atoms with Crippen molar-refractivity contribution in [2.24, 2.45) is 0 Å². The van der Waals surface area contributed by atoms with Crippen molar-refractivity contribution in [1.82, 2.24) is 0 Å². The highest BCUT2D eigenvalue weighted by atomic mass is 28.2. The van der Waals surface area contributed by atoms with Gasteiger partial charge < -0.3 is 5.11 Å². The Balaban J connectivity index is 1.89. The molecule has 0 aliphatic heterocycles. The average molecular weight is 333 g/mol. The van der Waals surface area contributed by atoms with Crippen molar-refractivity contribution in [1.29, 1.82) is 0 Å². The molecule has 3 rings (SSSR count). The lowest BCUT2D eigenvalue weighted by Crippen LogP contribution is -2.02. The van der Waals surface area contributed by atoms with E-state index in [-0.39, 0.29) is 9.52 Å². The van der Waals surface area contributed by atoms with Gasteiger partial charge in [-0.25, -0.2) is 0 Å². The van der Waals surface area contributed by atoms with E-state index in [0.29, 0.717) is 5.75 Å². The van der Waals surface area contributed by atoms with Gasteiger partial charge in [-0.1, -0.05) is 73.3 Å². The second-order valence-electron chi connectivity index (χ2n) is 6.27. The normalized spacial score (nSPS) is 11.2. The Labute approximate surface area is 146 Å². The minimum absolute atomic E-state index is 0.0100. The van der Waals surface area contributed by atoms with Crippen molar-refractivity contribution in [3.63, 3.8) is 0 Å². The predicted molar refractivity (Wildman–Crippen MR) is 105 cm³/mol. The lowest BCUT2D eigenvalue weighted by Gasteiger charge is -2.13. The summed E-state index contributed by atoms with van der Waals surface area (Å²) in [6.07, 6.45) is 1.74. The number of hydrogen-bond acceptors (Lipinski definition) is 1. The molecule has 0 unspecified atom stereocenters. The molecule has 0 aliphatic carbocycles. The number of aromatic hydroxyl groups is 1. The van der Waals surface area contributed by atoms with Crippen LogP contribution in [0.5, 0.6) is 5.75 Å². The monoisotopic (exact) mass is 332 g/mol. The third-order valence-electron chi connectivity index (χ3n) is 4.51. The highest BCUT2D eigenvalue weighted by Gasteiger charge is 2.09. The summed E-state index contributed by atoms with van der Waals surface area (Å²) in [5.74, 6) is 0.379. The standard InChI is InChI=1S/C22H24OSi/c1-24-16-21-12-5-4-10-19(21)14-17-8-2-3-9-18(17)15-20-11-6-7-13-22(20)23/h2-13,23H,14-16,24H2,1H3. The Morgan fingerprint density at radius 3 is 1.58 bits per heavy atom. The number of rotatable bonds is 6. The van der Waals surface area contributed by atoms with Gasteiger partial charge in [-0.05, 0) is 46.3 Å². The molecule has 0 amide bonds. The number of phenolic OH excluding ortho intramolecular Hbond substituents is 1. The SMILES string of the molecule is C[SiH2]Cc1ccccc1Cc1ccccc1Cc1ccccc1O. The van der Waals surface area contributed by atoms with E-state index in [0.717, 1.165) is 18.4 Å². The van der Waals surface area contributed by atoms with Crippen LogP contribution in [-0.4, -0.2) is 14.6 Å². The van der Waals surface area contributed by atoms with Crippen molar-refractivity contribution in [2.45, 2.75) is 25.4 Å². The quantitative estimate of drug-likeness (QED) is 0.668. The van der Waals surface area contributed by atoms with E-state index in [1.54, 1.807) is 6.07 Å². The van der Waals surface area contributed by atoms with Crippen molar-refractivity contribution >= 4 is 9.52 Å².